The summed E-state index contributed by atoms with van der Waals surface area (Å²) in [5, 5.41) is 11.3. The zero-order valence-electron chi connectivity index (χ0n) is 13.6. The molecule has 0 aliphatic carbocycles. The summed E-state index contributed by atoms with van der Waals surface area (Å²) < 4.78 is 0. The van der Waals surface area contributed by atoms with Gasteiger partial charge < -0.3 is 10.0 Å². The third-order valence-electron chi connectivity index (χ3n) is 4.80. The third kappa shape index (κ3) is 3.47. The van der Waals surface area contributed by atoms with Gasteiger partial charge in [0.15, 0.2) is 5.60 Å². The Kier molecular flexibility index (Phi) is 4.81. The molecule has 0 spiro atoms. The van der Waals surface area contributed by atoms with E-state index in [1.807, 2.05) is 60.7 Å². The molecule has 23 heavy (non-hydrogen) atoms. The van der Waals surface area contributed by atoms with Crippen molar-refractivity contribution in [2.75, 3.05) is 13.1 Å². The highest BCUT2D eigenvalue weighted by Crippen LogP contribution is 2.28. The van der Waals surface area contributed by atoms with E-state index in [1.54, 1.807) is 0 Å². The van der Waals surface area contributed by atoms with Crippen LogP contribution in [0.15, 0.2) is 60.7 Å². The van der Waals surface area contributed by atoms with E-state index in [0.717, 1.165) is 17.7 Å². The van der Waals surface area contributed by atoms with Crippen LogP contribution in [-0.4, -0.2) is 24.2 Å². The van der Waals surface area contributed by atoms with E-state index in [9.17, 15) is 5.11 Å². The van der Waals surface area contributed by atoms with Crippen molar-refractivity contribution >= 4 is 0 Å². The Balaban J connectivity index is 1.91. The summed E-state index contributed by atoms with van der Waals surface area (Å²) in [5.74, 6) is 6.42. The standard InChI is InChI=1S/C21H23NO/c1-18-10-8-16-22(18)17-9-15-21(23,19-11-4-2-5-12-19)20-13-6-3-7-14-20/h2-7,11-14,18,23H,8,10,16-17H2,1H3/p+1/t18-/m1/s1. The van der Waals surface area contributed by atoms with E-state index in [1.165, 1.54) is 24.3 Å². The van der Waals surface area contributed by atoms with Crippen LogP contribution in [0.25, 0.3) is 0 Å². The molecule has 1 aliphatic rings. The quantitative estimate of drug-likeness (QED) is 0.833. The second kappa shape index (κ2) is 7.00. The van der Waals surface area contributed by atoms with E-state index in [-0.39, 0.29) is 0 Å². The first-order chi connectivity index (χ1) is 11.2. The van der Waals surface area contributed by atoms with Crippen molar-refractivity contribution in [2.24, 2.45) is 0 Å². The minimum absolute atomic E-state index is 0.672. The van der Waals surface area contributed by atoms with E-state index >= 15 is 0 Å². The predicted octanol–water partition coefficient (Wildman–Crippen LogP) is 1.99. The topological polar surface area (TPSA) is 24.7 Å². The number of hydrogen-bond acceptors (Lipinski definition) is 1. The highest BCUT2D eigenvalue weighted by molar-refractivity contribution is 5.44. The molecule has 2 aromatic carbocycles. The first kappa shape index (κ1) is 15.8. The van der Waals surface area contributed by atoms with Crippen molar-refractivity contribution in [2.45, 2.75) is 31.4 Å². The molecule has 1 aliphatic heterocycles. The Labute approximate surface area is 138 Å². The average Bonchev–Trinajstić information content (AvgIpc) is 3.01. The number of nitrogens with one attached hydrogen (secondary N) is 1. The summed E-state index contributed by atoms with van der Waals surface area (Å²) in [5.41, 5.74) is 0.400. The van der Waals surface area contributed by atoms with Gasteiger partial charge in [-0.25, -0.2) is 0 Å². The molecule has 0 amide bonds. The maximum Gasteiger partial charge on any atom is 0.177 e. The summed E-state index contributed by atoms with van der Waals surface area (Å²) in [7, 11) is 0. The molecule has 3 rings (SSSR count). The van der Waals surface area contributed by atoms with Gasteiger partial charge in [0.25, 0.3) is 0 Å². The zero-order valence-corrected chi connectivity index (χ0v) is 13.6. The van der Waals surface area contributed by atoms with Crippen LogP contribution in [0.2, 0.25) is 0 Å². The minimum atomic E-state index is -1.25. The molecule has 2 heteroatoms. The van der Waals surface area contributed by atoms with Gasteiger partial charge in [0, 0.05) is 24.0 Å². The lowest BCUT2D eigenvalue weighted by molar-refractivity contribution is -0.903. The summed E-state index contributed by atoms with van der Waals surface area (Å²) in [6.45, 7) is 4.26. The van der Waals surface area contributed by atoms with Crippen LogP contribution in [0.4, 0.5) is 0 Å². The fraction of sp³-hybridized carbons (Fsp3) is 0.333. The van der Waals surface area contributed by atoms with Crippen LogP contribution >= 0.6 is 0 Å². The van der Waals surface area contributed by atoms with Crippen molar-refractivity contribution < 1.29 is 10.0 Å². The van der Waals surface area contributed by atoms with Crippen LogP contribution in [0.3, 0.4) is 0 Å². The number of quaternary nitrogens is 1. The molecule has 1 heterocycles. The Morgan fingerprint density at radius 1 is 1.04 bits per heavy atom. The first-order valence-electron chi connectivity index (χ1n) is 8.38. The minimum Gasteiger partial charge on any atom is -0.369 e. The number of likely N-dealkylation sites (tertiary alicyclic amines) is 1. The highest BCUT2D eigenvalue weighted by atomic mass is 16.3. The Morgan fingerprint density at radius 2 is 1.61 bits per heavy atom. The molecule has 0 radical (unpaired) electrons. The third-order valence-corrected chi connectivity index (χ3v) is 4.80. The van der Waals surface area contributed by atoms with Gasteiger partial charge in [-0.2, -0.15) is 0 Å². The van der Waals surface area contributed by atoms with Gasteiger partial charge in [0.2, 0.25) is 0 Å². The van der Waals surface area contributed by atoms with Crippen molar-refractivity contribution in [1.29, 1.82) is 0 Å². The SMILES string of the molecule is C[C@@H]1CCC[NH+]1CC#CC(O)(c1ccccc1)c1ccccc1. The van der Waals surface area contributed by atoms with Crippen LogP contribution in [0, 0.1) is 11.8 Å². The largest absolute Gasteiger partial charge is 0.369 e. The van der Waals surface area contributed by atoms with Crippen molar-refractivity contribution in [3.05, 3.63) is 71.8 Å². The highest BCUT2D eigenvalue weighted by Gasteiger charge is 2.29. The van der Waals surface area contributed by atoms with Gasteiger partial charge in [-0.05, 0) is 12.8 Å². The van der Waals surface area contributed by atoms with Gasteiger partial charge in [-0.1, -0.05) is 66.6 Å². The molecule has 1 unspecified atom stereocenters. The van der Waals surface area contributed by atoms with Crippen molar-refractivity contribution in [3.63, 3.8) is 0 Å². The summed E-state index contributed by atoms with van der Waals surface area (Å²) in [4.78, 5) is 1.53. The van der Waals surface area contributed by atoms with Crippen LogP contribution < -0.4 is 4.90 Å². The molecule has 2 aromatic rings. The average molecular weight is 306 g/mol. The van der Waals surface area contributed by atoms with Gasteiger partial charge >= 0.3 is 0 Å². The molecular formula is C21H24NO+. The van der Waals surface area contributed by atoms with E-state index < -0.39 is 5.60 Å². The molecule has 2 atom stereocenters. The summed E-state index contributed by atoms with van der Waals surface area (Å²) in [6.07, 6.45) is 2.55. The fourth-order valence-corrected chi connectivity index (χ4v) is 3.30. The molecule has 0 bridgehead atoms. The second-order valence-electron chi connectivity index (χ2n) is 6.37. The lowest BCUT2D eigenvalue weighted by Crippen LogP contribution is -3.13. The predicted molar refractivity (Wildman–Crippen MR) is 93.1 cm³/mol. The van der Waals surface area contributed by atoms with E-state index in [2.05, 4.69) is 18.8 Å². The number of aliphatic hydroxyl groups is 1. The first-order valence-corrected chi connectivity index (χ1v) is 8.38. The van der Waals surface area contributed by atoms with Gasteiger partial charge in [0.1, 0.15) is 6.54 Å². The Morgan fingerprint density at radius 3 is 2.09 bits per heavy atom. The Hall–Kier alpha value is -2.08. The molecule has 0 aromatic heterocycles. The second-order valence-corrected chi connectivity index (χ2v) is 6.37. The summed E-state index contributed by atoms with van der Waals surface area (Å²) >= 11 is 0. The maximum atomic E-state index is 11.3. The number of rotatable bonds is 3. The molecule has 1 fully saturated rings. The fourth-order valence-electron chi connectivity index (χ4n) is 3.30. The van der Waals surface area contributed by atoms with Gasteiger partial charge in [0.05, 0.1) is 12.6 Å². The Bertz CT molecular complexity index is 645. The van der Waals surface area contributed by atoms with E-state index in [0.29, 0.717) is 6.04 Å². The molecule has 118 valence electrons. The van der Waals surface area contributed by atoms with Gasteiger partial charge in [-0.15, -0.1) is 0 Å². The van der Waals surface area contributed by atoms with Crippen molar-refractivity contribution in [3.8, 4) is 11.8 Å². The number of benzene rings is 2. The number of hydrogen-bond donors (Lipinski definition) is 2. The lowest BCUT2D eigenvalue weighted by Gasteiger charge is -2.23. The molecule has 2 N–H and O–H groups in total. The summed E-state index contributed by atoms with van der Waals surface area (Å²) in [6, 6.07) is 20.1. The smallest absolute Gasteiger partial charge is 0.177 e. The van der Waals surface area contributed by atoms with Crippen LogP contribution in [0.5, 0.6) is 0 Å². The lowest BCUT2D eigenvalue weighted by atomic mass is 9.87. The maximum absolute atomic E-state index is 11.3. The molecule has 1 saturated heterocycles. The normalized spacial score (nSPS) is 20.8. The van der Waals surface area contributed by atoms with Crippen LogP contribution in [-0.2, 0) is 5.60 Å². The van der Waals surface area contributed by atoms with E-state index in [4.69, 9.17) is 0 Å². The monoisotopic (exact) mass is 306 g/mol. The van der Waals surface area contributed by atoms with Crippen molar-refractivity contribution in [1.82, 2.24) is 0 Å². The zero-order chi connectivity index (χ0) is 16.1. The molecule has 0 saturated carbocycles. The van der Waals surface area contributed by atoms with Crippen LogP contribution in [0.1, 0.15) is 30.9 Å². The molecular weight excluding hydrogens is 282 g/mol. The van der Waals surface area contributed by atoms with Gasteiger partial charge in [-0.3, -0.25) is 0 Å². The molecule has 2 nitrogen and oxygen atoms in total.